The third-order valence-corrected chi connectivity index (χ3v) is 2.34. The van der Waals surface area contributed by atoms with Crippen molar-refractivity contribution in [3.05, 3.63) is 41.7 Å². The quantitative estimate of drug-likeness (QED) is 0.673. The zero-order chi connectivity index (χ0) is 11.6. The third-order valence-electron chi connectivity index (χ3n) is 2.34. The van der Waals surface area contributed by atoms with Gasteiger partial charge in [0.1, 0.15) is 11.6 Å². The molecule has 82 valence electrons. The predicted molar refractivity (Wildman–Crippen MR) is 61.1 cm³/mol. The Labute approximate surface area is 90.6 Å². The Morgan fingerprint density at radius 3 is 2.40 bits per heavy atom. The average molecular weight is 208 g/mol. The van der Waals surface area contributed by atoms with Gasteiger partial charge in [-0.3, -0.25) is 0 Å². The van der Waals surface area contributed by atoms with Crippen LogP contribution in [-0.4, -0.2) is 7.11 Å². The number of rotatable bonds is 2. The molecule has 0 aliphatic rings. The van der Waals surface area contributed by atoms with Crippen LogP contribution in [0.15, 0.2) is 24.8 Å². The minimum atomic E-state index is -0.267. The van der Waals surface area contributed by atoms with Gasteiger partial charge in [-0.15, -0.1) is 0 Å². The molecule has 0 spiro atoms. The Balaban J connectivity index is 3.33. The highest BCUT2D eigenvalue weighted by atomic mass is 19.1. The van der Waals surface area contributed by atoms with Gasteiger partial charge in [-0.2, -0.15) is 0 Å². The molecule has 0 amide bonds. The Bertz CT molecular complexity index is 375. The molecule has 0 aliphatic carbocycles. The zero-order valence-electron chi connectivity index (χ0n) is 9.73. The van der Waals surface area contributed by atoms with E-state index < -0.39 is 0 Å². The molecule has 0 radical (unpaired) electrons. The summed E-state index contributed by atoms with van der Waals surface area (Å²) in [5, 5.41) is 0. The summed E-state index contributed by atoms with van der Waals surface area (Å²) in [6, 6.07) is 4.72. The lowest BCUT2D eigenvalue weighted by molar-refractivity contribution is 0.369. The topological polar surface area (TPSA) is 9.23 Å². The van der Waals surface area contributed by atoms with Crippen LogP contribution in [0.4, 0.5) is 4.39 Å². The number of methoxy groups -OCH3 is 1. The second-order valence-corrected chi connectivity index (χ2v) is 4.57. The number of ether oxygens (including phenoxy) is 1. The van der Waals surface area contributed by atoms with Gasteiger partial charge in [-0.05, 0) is 23.1 Å². The number of halogens is 1. The maximum absolute atomic E-state index is 13.1. The van der Waals surface area contributed by atoms with Crippen molar-refractivity contribution in [2.24, 2.45) is 0 Å². The average Bonchev–Trinajstić information content (AvgIpc) is 2.14. The second-order valence-electron chi connectivity index (χ2n) is 4.57. The van der Waals surface area contributed by atoms with Crippen LogP contribution in [0, 0.1) is 5.82 Å². The first-order valence-corrected chi connectivity index (χ1v) is 4.89. The standard InChI is InChI=1S/C13H17FO/c1-9(15-5)11-8-10(14)6-7-12(11)13(2,3)4/h6-8H,1H2,2-5H3. The summed E-state index contributed by atoms with van der Waals surface area (Å²) in [6.07, 6.45) is 0. The summed E-state index contributed by atoms with van der Waals surface area (Å²) in [6.45, 7) is 10.00. The minimum Gasteiger partial charge on any atom is -0.497 e. The monoisotopic (exact) mass is 208 g/mol. The lowest BCUT2D eigenvalue weighted by Crippen LogP contribution is -2.14. The number of hydrogen-bond acceptors (Lipinski definition) is 1. The first-order chi connectivity index (χ1) is 6.86. The van der Waals surface area contributed by atoms with Gasteiger partial charge in [0.2, 0.25) is 0 Å². The van der Waals surface area contributed by atoms with Gasteiger partial charge in [-0.1, -0.05) is 33.4 Å². The van der Waals surface area contributed by atoms with Gasteiger partial charge in [0.25, 0.3) is 0 Å². The molecule has 1 aromatic carbocycles. The summed E-state index contributed by atoms with van der Waals surface area (Å²) >= 11 is 0. The van der Waals surface area contributed by atoms with Gasteiger partial charge < -0.3 is 4.74 Å². The van der Waals surface area contributed by atoms with Gasteiger partial charge in [0.05, 0.1) is 7.11 Å². The fraction of sp³-hybridized carbons (Fsp3) is 0.385. The Kier molecular flexibility index (Phi) is 3.18. The van der Waals surface area contributed by atoms with Crippen LogP contribution in [0.25, 0.3) is 5.76 Å². The molecule has 0 unspecified atom stereocenters. The molecule has 0 saturated heterocycles. The van der Waals surface area contributed by atoms with Crippen molar-refractivity contribution in [2.75, 3.05) is 7.11 Å². The van der Waals surface area contributed by atoms with Crippen molar-refractivity contribution >= 4 is 5.76 Å². The van der Waals surface area contributed by atoms with Crippen LogP contribution in [0.1, 0.15) is 31.9 Å². The number of hydrogen-bond donors (Lipinski definition) is 0. The van der Waals surface area contributed by atoms with Crippen molar-refractivity contribution < 1.29 is 9.13 Å². The largest absolute Gasteiger partial charge is 0.497 e. The lowest BCUT2D eigenvalue weighted by atomic mass is 9.83. The maximum Gasteiger partial charge on any atom is 0.123 e. The zero-order valence-corrected chi connectivity index (χ0v) is 9.73. The van der Waals surface area contributed by atoms with E-state index in [1.165, 1.54) is 12.1 Å². The summed E-state index contributed by atoms with van der Waals surface area (Å²) in [4.78, 5) is 0. The molecule has 0 fully saturated rings. The van der Waals surface area contributed by atoms with Crippen LogP contribution in [-0.2, 0) is 10.2 Å². The fourth-order valence-electron chi connectivity index (χ4n) is 1.51. The van der Waals surface area contributed by atoms with Crippen molar-refractivity contribution in [1.82, 2.24) is 0 Å². The van der Waals surface area contributed by atoms with E-state index in [0.717, 1.165) is 11.1 Å². The highest BCUT2D eigenvalue weighted by Crippen LogP contribution is 2.30. The molecule has 1 nitrogen and oxygen atoms in total. The summed E-state index contributed by atoms with van der Waals surface area (Å²) in [5.41, 5.74) is 1.73. The van der Waals surface area contributed by atoms with E-state index in [9.17, 15) is 4.39 Å². The molecule has 0 saturated carbocycles. The van der Waals surface area contributed by atoms with Gasteiger partial charge in [0.15, 0.2) is 0 Å². The molecule has 0 aromatic heterocycles. The molecule has 15 heavy (non-hydrogen) atoms. The second kappa shape index (κ2) is 4.05. The van der Waals surface area contributed by atoms with Crippen molar-refractivity contribution in [3.63, 3.8) is 0 Å². The predicted octanol–water partition coefficient (Wildman–Crippen LogP) is 3.74. The van der Waals surface area contributed by atoms with Crippen LogP contribution >= 0.6 is 0 Å². The van der Waals surface area contributed by atoms with Gasteiger partial charge >= 0.3 is 0 Å². The van der Waals surface area contributed by atoms with E-state index in [-0.39, 0.29) is 11.2 Å². The van der Waals surface area contributed by atoms with E-state index in [1.807, 2.05) is 0 Å². The minimum absolute atomic E-state index is 0.0511. The maximum atomic E-state index is 13.1. The van der Waals surface area contributed by atoms with E-state index in [1.54, 1.807) is 13.2 Å². The third kappa shape index (κ3) is 2.58. The molecular weight excluding hydrogens is 191 g/mol. The molecule has 2 heteroatoms. The summed E-state index contributed by atoms with van der Waals surface area (Å²) in [7, 11) is 1.54. The molecule has 0 bridgehead atoms. The summed E-state index contributed by atoms with van der Waals surface area (Å²) in [5.74, 6) is 0.232. The lowest BCUT2D eigenvalue weighted by Gasteiger charge is -2.23. The van der Waals surface area contributed by atoms with Crippen molar-refractivity contribution in [1.29, 1.82) is 0 Å². The van der Waals surface area contributed by atoms with Gasteiger partial charge in [-0.25, -0.2) is 4.39 Å². The van der Waals surface area contributed by atoms with Crippen LogP contribution in [0.2, 0.25) is 0 Å². The van der Waals surface area contributed by atoms with E-state index in [0.29, 0.717) is 5.76 Å². The van der Waals surface area contributed by atoms with Crippen LogP contribution in [0.5, 0.6) is 0 Å². The first-order valence-electron chi connectivity index (χ1n) is 4.89. The molecule has 0 N–H and O–H groups in total. The van der Waals surface area contributed by atoms with Crippen LogP contribution < -0.4 is 0 Å². The molecule has 0 aliphatic heterocycles. The van der Waals surface area contributed by atoms with E-state index in [4.69, 9.17) is 4.74 Å². The molecule has 0 heterocycles. The molecular formula is C13H17FO. The van der Waals surface area contributed by atoms with Crippen LogP contribution in [0.3, 0.4) is 0 Å². The highest BCUT2D eigenvalue weighted by Gasteiger charge is 2.19. The normalized spacial score (nSPS) is 11.3. The highest BCUT2D eigenvalue weighted by molar-refractivity contribution is 5.62. The fourth-order valence-corrected chi connectivity index (χ4v) is 1.51. The van der Waals surface area contributed by atoms with E-state index in [2.05, 4.69) is 27.4 Å². The Morgan fingerprint density at radius 1 is 1.33 bits per heavy atom. The summed E-state index contributed by atoms with van der Waals surface area (Å²) < 4.78 is 18.2. The molecule has 1 rings (SSSR count). The Morgan fingerprint density at radius 2 is 1.93 bits per heavy atom. The van der Waals surface area contributed by atoms with Crippen molar-refractivity contribution in [2.45, 2.75) is 26.2 Å². The smallest absolute Gasteiger partial charge is 0.123 e. The number of benzene rings is 1. The van der Waals surface area contributed by atoms with E-state index >= 15 is 0 Å². The van der Waals surface area contributed by atoms with Crippen molar-refractivity contribution in [3.8, 4) is 0 Å². The van der Waals surface area contributed by atoms with Gasteiger partial charge in [0, 0.05) is 5.56 Å². The SMILES string of the molecule is C=C(OC)c1cc(F)ccc1C(C)(C)C. The molecule has 1 aromatic rings. The Hall–Kier alpha value is -1.31. The first kappa shape index (κ1) is 11.8. The molecule has 0 atom stereocenters.